The van der Waals surface area contributed by atoms with Gasteiger partial charge in [0.1, 0.15) is 29.5 Å². The second-order valence-corrected chi connectivity index (χ2v) is 17.8. The van der Waals surface area contributed by atoms with Crippen LogP contribution in [0.3, 0.4) is 0 Å². The average Bonchev–Trinajstić information content (AvgIpc) is 3.67. The fraction of sp³-hybridized carbons (Fsp3) is 0.478. The lowest BCUT2D eigenvalue weighted by Gasteiger charge is -2.63. The molecule has 8 rings (SSSR count). The molecule has 4 aliphatic rings. The first kappa shape index (κ1) is 40.2. The van der Waals surface area contributed by atoms with Crippen molar-refractivity contribution in [1.29, 1.82) is 5.26 Å². The van der Waals surface area contributed by atoms with Gasteiger partial charge in [-0.25, -0.2) is 9.18 Å². The number of nitrogens with one attached hydrogen (secondary N) is 2. The van der Waals surface area contributed by atoms with E-state index < -0.39 is 10.8 Å². The van der Waals surface area contributed by atoms with Crippen molar-refractivity contribution >= 4 is 40.1 Å². The SMILES string of the molecule is COc1cc(OC2C(C)(C)C(NC(=O)c3ccc(N4CCC(CN5CCC(n6ccc7c(N8CCC(=O)NC8=O)cccc76)CC5)CC4)c(F)c3)C2(C)C)ccc1C#N. The lowest BCUT2D eigenvalue weighted by Crippen LogP contribution is -2.74. The summed E-state index contributed by atoms with van der Waals surface area (Å²) in [7, 11) is 1.52. The van der Waals surface area contributed by atoms with Gasteiger partial charge in [0.05, 0.1) is 29.6 Å². The first-order valence-corrected chi connectivity index (χ1v) is 20.8. The minimum Gasteiger partial charge on any atom is -0.495 e. The minimum atomic E-state index is -0.430. The topological polar surface area (TPSA) is 132 Å². The van der Waals surface area contributed by atoms with Crippen LogP contribution >= 0.6 is 0 Å². The highest BCUT2D eigenvalue weighted by Gasteiger charge is 2.64. The minimum absolute atomic E-state index is 0.229. The van der Waals surface area contributed by atoms with Gasteiger partial charge in [-0.3, -0.25) is 19.8 Å². The predicted octanol–water partition coefficient (Wildman–Crippen LogP) is 7.27. The van der Waals surface area contributed by atoms with Crippen molar-refractivity contribution in [2.75, 3.05) is 56.2 Å². The first-order valence-electron chi connectivity index (χ1n) is 20.8. The van der Waals surface area contributed by atoms with Crippen molar-refractivity contribution in [3.8, 4) is 17.6 Å². The van der Waals surface area contributed by atoms with Gasteiger partial charge in [-0.2, -0.15) is 5.26 Å². The molecule has 1 saturated carbocycles. The molecule has 0 atom stereocenters. The first-order chi connectivity index (χ1) is 28.3. The zero-order valence-corrected chi connectivity index (χ0v) is 34.6. The lowest BCUT2D eigenvalue weighted by molar-refractivity contribution is -0.164. The van der Waals surface area contributed by atoms with Crippen LogP contribution in [0.15, 0.2) is 66.9 Å². The van der Waals surface area contributed by atoms with Gasteiger partial charge in [0.15, 0.2) is 0 Å². The monoisotopic (exact) mass is 803 g/mol. The molecule has 3 aliphatic heterocycles. The summed E-state index contributed by atoms with van der Waals surface area (Å²) in [5.74, 6) is 0.628. The molecule has 59 heavy (non-hydrogen) atoms. The van der Waals surface area contributed by atoms with Gasteiger partial charge in [0.2, 0.25) is 5.91 Å². The Labute approximate surface area is 345 Å². The van der Waals surface area contributed by atoms with E-state index in [1.54, 1.807) is 35.2 Å². The molecule has 12 nitrogen and oxygen atoms in total. The number of rotatable bonds is 10. The van der Waals surface area contributed by atoms with Crippen LogP contribution in [0, 0.1) is 33.9 Å². The fourth-order valence-corrected chi connectivity index (χ4v) is 10.5. The number of amides is 4. The number of hydrogen-bond acceptors (Lipinski definition) is 8. The molecule has 4 aromatic rings. The third-order valence-corrected chi connectivity index (χ3v) is 13.4. The number of anilines is 2. The van der Waals surface area contributed by atoms with Crippen LogP contribution in [-0.4, -0.2) is 85.8 Å². The maximum absolute atomic E-state index is 15.7. The van der Waals surface area contributed by atoms with E-state index >= 15 is 4.39 Å². The highest BCUT2D eigenvalue weighted by Crippen LogP contribution is 2.55. The molecule has 1 aromatic heterocycles. The third kappa shape index (κ3) is 7.59. The Kier molecular flexibility index (Phi) is 10.8. The van der Waals surface area contributed by atoms with Crippen molar-refractivity contribution in [2.45, 2.75) is 78.0 Å². The van der Waals surface area contributed by atoms with Gasteiger partial charge in [0.25, 0.3) is 5.91 Å². The van der Waals surface area contributed by atoms with E-state index in [0.29, 0.717) is 47.7 Å². The molecule has 2 N–H and O–H groups in total. The largest absolute Gasteiger partial charge is 0.495 e. The number of ether oxygens (including phenoxy) is 2. The van der Waals surface area contributed by atoms with Gasteiger partial charge >= 0.3 is 6.03 Å². The van der Waals surface area contributed by atoms with E-state index in [-0.39, 0.29) is 41.4 Å². The standard InChI is InChI=1S/C46H54FN7O5/c1-45(2)42(46(3,4)43(45)59-33-11-9-31(27-48)39(26-33)58-5)50-41(56)30-10-12-38(35(47)25-30)52-21-13-29(14-22-52)28-51-19-15-32(16-20-51)53-23-17-34-36(53)7-6-8-37(34)54-24-18-40(55)49-44(54)57/h6-12,17,23,25-26,29,32,42-43H,13-16,18-22,24,28H2,1-5H3,(H,50,56)(H,49,55,57). The van der Waals surface area contributed by atoms with Gasteiger partial charge in [0, 0.05) is 91.8 Å². The Morgan fingerprint density at radius 2 is 1.68 bits per heavy atom. The van der Waals surface area contributed by atoms with Gasteiger partial charge in [-0.05, 0) is 80.1 Å². The van der Waals surface area contributed by atoms with E-state index in [4.69, 9.17) is 9.47 Å². The normalized spacial score (nSPS) is 22.4. The summed E-state index contributed by atoms with van der Waals surface area (Å²) in [5, 5.41) is 16.0. The number of urea groups is 1. The molecule has 3 aromatic carbocycles. The van der Waals surface area contributed by atoms with Crippen LogP contribution in [0.4, 0.5) is 20.6 Å². The molecule has 0 spiro atoms. The Balaban J connectivity index is 0.817. The molecule has 4 fully saturated rings. The summed E-state index contributed by atoms with van der Waals surface area (Å²) in [6, 6.07) is 20.0. The summed E-state index contributed by atoms with van der Waals surface area (Å²) in [5.41, 5.74) is 2.33. The predicted molar refractivity (Wildman–Crippen MR) is 224 cm³/mol. The number of hydrogen-bond donors (Lipinski definition) is 2. The molecule has 3 saturated heterocycles. The van der Waals surface area contributed by atoms with Crippen LogP contribution in [0.1, 0.15) is 81.8 Å². The molecule has 4 amide bonds. The van der Waals surface area contributed by atoms with E-state index in [1.807, 2.05) is 12.1 Å². The zero-order chi connectivity index (χ0) is 41.6. The smallest absolute Gasteiger partial charge is 0.328 e. The van der Waals surface area contributed by atoms with E-state index in [9.17, 15) is 19.6 Å². The number of benzene rings is 3. The molecule has 1 aliphatic carbocycles. The maximum atomic E-state index is 15.7. The van der Waals surface area contributed by atoms with Crippen molar-refractivity contribution in [3.63, 3.8) is 0 Å². The van der Waals surface area contributed by atoms with Crippen molar-refractivity contribution in [1.82, 2.24) is 20.1 Å². The van der Waals surface area contributed by atoms with Gasteiger partial charge < -0.3 is 29.2 Å². The highest BCUT2D eigenvalue weighted by molar-refractivity contribution is 6.09. The van der Waals surface area contributed by atoms with Gasteiger partial charge in [-0.1, -0.05) is 33.8 Å². The summed E-state index contributed by atoms with van der Waals surface area (Å²) in [6.45, 7) is 13.2. The molecule has 0 bridgehead atoms. The Bertz CT molecular complexity index is 2280. The highest BCUT2D eigenvalue weighted by atomic mass is 19.1. The quantitative estimate of drug-likeness (QED) is 0.171. The van der Waals surface area contributed by atoms with Crippen molar-refractivity contribution in [3.05, 3.63) is 83.8 Å². The second kappa shape index (κ2) is 15.9. The van der Waals surface area contributed by atoms with Crippen LogP contribution in [0.5, 0.6) is 11.5 Å². The third-order valence-electron chi connectivity index (χ3n) is 13.4. The number of methoxy groups -OCH3 is 1. The number of halogens is 1. The number of aromatic nitrogens is 1. The summed E-state index contributed by atoms with van der Waals surface area (Å²) in [6.07, 6.45) is 6.22. The molecule has 0 radical (unpaired) electrons. The fourth-order valence-electron chi connectivity index (χ4n) is 10.5. The number of nitrogens with zero attached hydrogens (tertiary/aromatic N) is 5. The van der Waals surface area contributed by atoms with Crippen LogP contribution in [-0.2, 0) is 4.79 Å². The zero-order valence-electron chi connectivity index (χ0n) is 34.6. The second-order valence-electron chi connectivity index (χ2n) is 17.8. The number of carbonyl (C=O) groups excluding carboxylic acids is 3. The molecular formula is C46H54FN7O5. The van der Waals surface area contributed by atoms with Crippen LogP contribution < -0.4 is 29.9 Å². The molecule has 13 heteroatoms. The van der Waals surface area contributed by atoms with E-state index in [2.05, 4.69) is 77.1 Å². The number of fused-ring (bicyclic) bond motifs is 1. The molecular weight excluding hydrogens is 750 g/mol. The maximum Gasteiger partial charge on any atom is 0.328 e. The Hall–Kier alpha value is -5.61. The lowest BCUT2D eigenvalue weighted by atomic mass is 9.49. The number of carbonyl (C=O) groups is 3. The Morgan fingerprint density at radius 1 is 0.932 bits per heavy atom. The van der Waals surface area contributed by atoms with E-state index in [0.717, 1.165) is 75.0 Å². The number of piperidine rings is 2. The van der Waals surface area contributed by atoms with Crippen molar-refractivity contribution in [2.24, 2.45) is 16.7 Å². The number of likely N-dealkylation sites (tertiary alicyclic amines) is 1. The summed E-state index contributed by atoms with van der Waals surface area (Å²) < 4.78 is 29.8. The molecule has 0 unspecified atom stereocenters. The van der Waals surface area contributed by atoms with Gasteiger partial charge in [-0.15, -0.1) is 0 Å². The number of imide groups is 1. The van der Waals surface area contributed by atoms with Crippen LogP contribution in [0.2, 0.25) is 0 Å². The average molecular weight is 804 g/mol. The van der Waals surface area contributed by atoms with Crippen LogP contribution in [0.25, 0.3) is 10.9 Å². The van der Waals surface area contributed by atoms with E-state index in [1.165, 1.54) is 13.2 Å². The van der Waals surface area contributed by atoms with Crippen molar-refractivity contribution < 1.29 is 28.2 Å². The molecule has 4 heterocycles. The summed E-state index contributed by atoms with van der Waals surface area (Å²) in [4.78, 5) is 44.2. The Morgan fingerprint density at radius 3 is 2.36 bits per heavy atom. The summed E-state index contributed by atoms with van der Waals surface area (Å²) >= 11 is 0. The molecule has 310 valence electrons. The number of nitriles is 1.